The van der Waals surface area contributed by atoms with E-state index < -0.39 is 16.7 Å². The summed E-state index contributed by atoms with van der Waals surface area (Å²) in [4.78, 5) is 41.1. The van der Waals surface area contributed by atoms with E-state index in [0.717, 1.165) is 57.8 Å². The van der Waals surface area contributed by atoms with Crippen LogP contribution in [0.15, 0.2) is 11.6 Å². The quantitative estimate of drug-likeness (QED) is 0.203. The van der Waals surface area contributed by atoms with Crippen molar-refractivity contribution < 1.29 is 19.1 Å². The minimum atomic E-state index is -0.580. The van der Waals surface area contributed by atoms with E-state index in [1.807, 2.05) is 0 Å². The zero-order chi connectivity index (χ0) is 31.1. The normalized spacial score (nSPS) is 44.3. The van der Waals surface area contributed by atoms with Gasteiger partial charge in [0.2, 0.25) is 5.91 Å². The number of ether oxygens (including phenoxy) is 1. The maximum Gasteiger partial charge on any atom is 0.312 e. The molecule has 0 bridgehead atoms. The second-order valence-corrected chi connectivity index (χ2v) is 17.5. The van der Waals surface area contributed by atoms with Gasteiger partial charge in [-0.25, -0.2) is 0 Å². The molecule has 4 saturated carbocycles. The largest absolute Gasteiger partial charge is 0.469 e. The Morgan fingerprint density at radius 2 is 1.64 bits per heavy atom. The first-order valence-electron chi connectivity index (χ1n) is 17.0. The molecule has 0 aromatic rings. The van der Waals surface area contributed by atoms with E-state index in [1.165, 1.54) is 5.57 Å². The van der Waals surface area contributed by atoms with Crippen LogP contribution in [0.3, 0.4) is 0 Å². The maximum atomic E-state index is 14.0. The van der Waals surface area contributed by atoms with Crippen LogP contribution in [0, 0.1) is 62.1 Å². The van der Waals surface area contributed by atoms with E-state index in [-0.39, 0.29) is 51.2 Å². The van der Waals surface area contributed by atoms with Crippen LogP contribution in [0.2, 0.25) is 0 Å². The average Bonchev–Trinajstić information content (AvgIpc) is 2.93. The standard InChI is InChI=1S/C37H59NO4/c1-11-23(2)22-38-30(40)24-20-34(7)27(33(5,6)29(24)39)14-15-36(9)28(34)13-12-25-26-21-32(3,4)16-18-37(26,31(41)42-10)19-17-35(25,36)8/h12,23-24,26-28H,11,13-22H2,1-10H3,(H,38,40). The molecule has 5 heteroatoms. The predicted molar refractivity (Wildman–Crippen MR) is 167 cm³/mol. The summed E-state index contributed by atoms with van der Waals surface area (Å²) in [7, 11) is 1.57. The molecule has 0 aromatic heterocycles. The van der Waals surface area contributed by atoms with Crippen LogP contribution in [0.1, 0.15) is 127 Å². The van der Waals surface area contributed by atoms with Gasteiger partial charge < -0.3 is 10.1 Å². The molecule has 1 amide bonds. The number of esters is 1. The van der Waals surface area contributed by atoms with E-state index in [9.17, 15) is 14.4 Å². The number of hydrogen-bond acceptors (Lipinski definition) is 4. The molecule has 236 valence electrons. The van der Waals surface area contributed by atoms with E-state index in [4.69, 9.17) is 4.74 Å². The number of carbonyl (C=O) groups excluding carboxylic acids is 3. The summed E-state index contributed by atoms with van der Waals surface area (Å²) < 4.78 is 5.52. The zero-order valence-corrected chi connectivity index (χ0v) is 28.4. The second kappa shape index (κ2) is 10.2. The highest BCUT2D eigenvalue weighted by Gasteiger charge is 2.70. The molecular weight excluding hydrogens is 522 g/mol. The lowest BCUT2D eigenvalue weighted by molar-refractivity contribution is -0.196. The topological polar surface area (TPSA) is 72.5 Å². The smallest absolute Gasteiger partial charge is 0.312 e. The van der Waals surface area contributed by atoms with Crippen LogP contribution in [-0.2, 0) is 19.1 Å². The van der Waals surface area contributed by atoms with Crippen LogP contribution < -0.4 is 5.32 Å². The van der Waals surface area contributed by atoms with Crippen molar-refractivity contribution in [3.63, 3.8) is 0 Å². The molecule has 0 heterocycles. The van der Waals surface area contributed by atoms with Gasteiger partial charge in [-0.05, 0) is 103 Å². The molecule has 9 atom stereocenters. The Labute approximate surface area is 255 Å². The number of Topliss-reactive ketones (excluding diaryl/α,β-unsaturated/α-hetero) is 1. The molecule has 5 aliphatic rings. The van der Waals surface area contributed by atoms with Crippen molar-refractivity contribution in [1.29, 1.82) is 0 Å². The third kappa shape index (κ3) is 4.31. The van der Waals surface area contributed by atoms with Crippen molar-refractivity contribution >= 4 is 17.7 Å². The molecule has 0 aromatic carbocycles. The predicted octanol–water partition coefficient (Wildman–Crippen LogP) is 7.92. The third-order valence-electron chi connectivity index (χ3n) is 14.6. The Kier molecular flexibility index (Phi) is 7.71. The summed E-state index contributed by atoms with van der Waals surface area (Å²) in [6, 6.07) is 0. The third-order valence-corrected chi connectivity index (χ3v) is 14.6. The van der Waals surface area contributed by atoms with Crippen LogP contribution in [0.4, 0.5) is 0 Å². The van der Waals surface area contributed by atoms with E-state index in [0.29, 0.717) is 24.8 Å². The molecule has 0 saturated heterocycles. The monoisotopic (exact) mass is 581 g/mol. The minimum Gasteiger partial charge on any atom is -0.469 e. The number of ketones is 1. The lowest BCUT2D eigenvalue weighted by Crippen LogP contribution is -2.66. The van der Waals surface area contributed by atoms with Crippen LogP contribution in [-0.4, -0.2) is 31.3 Å². The first kappa shape index (κ1) is 31.8. The Morgan fingerprint density at radius 3 is 2.29 bits per heavy atom. The molecule has 1 N–H and O–H groups in total. The van der Waals surface area contributed by atoms with Crippen molar-refractivity contribution in [2.24, 2.45) is 62.1 Å². The zero-order valence-electron chi connectivity index (χ0n) is 28.4. The highest BCUT2D eigenvalue weighted by atomic mass is 16.5. The second-order valence-electron chi connectivity index (χ2n) is 17.5. The Hall–Kier alpha value is -1.65. The van der Waals surface area contributed by atoms with E-state index in [2.05, 4.69) is 73.7 Å². The minimum absolute atomic E-state index is 0.00677. The number of methoxy groups -OCH3 is 1. The van der Waals surface area contributed by atoms with Gasteiger partial charge in [0.25, 0.3) is 0 Å². The Bertz CT molecular complexity index is 1170. The summed E-state index contributed by atoms with van der Waals surface area (Å²) in [6.45, 7) is 21.4. The molecule has 5 rings (SSSR count). The number of carbonyl (C=O) groups is 3. The van der Waals surface area contributed by atoms with Crippen LogP contribution in [0.25, 0.3) is 0 Å². The van der Waals surface area contributed by atoms with Crippen LogP contribution >= 0.6 is 0 Å². The number of rotatable bonds is 5. The van der Waals surface area contributed by atoms with Gasteiger partial charge in [-0.15, -0.1) is 0 Å². The van der Waals surface area contributed by atoms with Gasteiger partial charge in [-0.2, -0.15) is 0 Å². The fourth-order valence-electron chi connectivity index (χ4n) is 11.6. The highest BCUT2D eigenvalue weighted by Crippen LogP contribution is 2.75. The van der Waals surface area contributed by atoms with Crippen molar-refractivity contribution in [2.45, 2.75) is 127 Å². The van der Waals surface area contributed by atoms with Gasteiger partial charge in [-0.1, -0.05) is 80.4 Å². The lowest BCUT2D eigenvalue weighted by atomic mass is 9.33. The molecule has 4 fully saturated rings. The molecule has 5 nitrogen and oxygen atoms in total. The van der Waals surface area contributed by atoms with E-state index in [1.54, 1.807) is 7.11 Å². The maximum absolute atomic E-state index is 14.0. The van der Waals surface area contributed by atoms with Gasteiger partial charge in [-0.3, -0.25) is 14.4 Å². The summed E-state index contributed by atoms with van der Waals surface area (Å²) in [5.41, 5.74) is 0.694. The highest BCUT2D eigenvalue weighted by molar-refractivity contribution is 6.04. The SMILES string of the molecule is CCC(C)CNC(=O)C1CC2(C)C(CCC3(C)C2CC=C2C4CC(C)(C)CCC4(C(=O)OC)CCC23C)C(C)(C)C1=O. The average molecular weight is 582 g/mol. The summed E-state index contributed by atoms with van der Waals surface area (Å²) >= 11 is 0. The Morgan fingerprint density at radius 1 is 0.976 bits per heavy atom. The number of fused-ring (bicyclic) bond motifs is 7. The molecule has 42 heavy (non-hydrogen) atoms. The fourth-order valence-corrected chi connectivity index (χ4v) is 11.6. The summed E-state index contributed by atoms with van der Waals surface area (Å²) in [5, 5.41) is 3.16. The first-order valence-corrected chi connectivity index (χ1v) is 17.0. The molecule has 0 radical (unpaired) electrons. The molecule has 5 aliphatic carbocycles. The first-order chi connectivity index (χ1) is 19.4. The van der Waals surface area contributed by atoms with Gasteiger partial charge in [0, 0.05) is 12.0 Å². The fraction of sp³-hybridized carbons (Fsp3) is 0.865. The van der Waals surface area contributed by atoms with Gasteiger partial charge >= 0.3 is 5.97 Å². The number of amides is 1. The van der Waals surface area contributed by atoms with E-state index >= 15 is 0 Å². The molecular formula is C37H59NO4. The van der Waals surface area contributed by atoms with Gasteiger partial charge in [0.05, 0.1) is 18.4 Å². The molecule has 9 unspecified atom stereocenters. The summed E-state index contributed by atoms with van der Waals surface area (Å²) in [6.07, 6.45) is 12.2. The van der Waals surface area contributed by atoms with Gasteiger partial charge in [0.1, 0.15) is 0 Å². The Balaban J connectivity index is 1.55. The lowest BCUT2D eigenvalue weighted by Gasteiger charge is -2.71. The molecule has 0 aliphatic heterocycles. The number of hydrogen-bond donors (Lipinski definition) is 1. The van der Waals surface area contributed by atoms with Crippen molar-refractivity contribution in [2.75, 3.05) is 13.7 Å². The van der Waals surface area contributed by atoms with Crippen molar-refractivity contribution in [3.05, 3.63) is 11.6 Å². The van der Waals surface area contributed by atoms with Crippen molar-refractivity contribution in [1.82, 2.24) is 5.32 Å². The molecule has 0 spiro atoms. The number of allylic oxidation sites excluding steroid dienone is 2. The van der Waals surface area contributed by atoms with Gasteiger partial charge in [0.15, 0.2) is 5.78 Å². The number of nitrogens with one attached hydrogen (secondary N) is 1. The van der Waals surface area contributed by atoms with Crippen LogP contribution in [0.5, 0.6) is 0 Å². The van der Waals surface area contributed by atoms with Crippen molar-refractivity contribution in [3.8, 4) is 0 Å². The summed E-state index contributed by atoms with van der Waals surface area (Å²) in [5.74, 6) is 0.755.